The molecule has 0 unspecified atom stereocenters. The van der Waals surface area contributed by atoms with E-state index in [2.05, 4.69) is 6.07 Å². The Morgan fingerprint density at radius 2 is 1.96 bits per heavy atom. The molecular weight excluding hydrogens is 358 g/mol. The summed E-state index contributed by atoms with van der Waals surface area (Å²) in [7, 11) is 0. The smallest absolute Gasteiger partial charge is 0.329 e. The van der Waals surface area contributed by atoms with E-state index in [1.807, 2.05) is 0 Å². The largest absolute Gasteiger partial charge is 0.465 e. The number of allylic oxidation sites excluding steroid dienone is 2. The zero-order valence-electron chi connectivity index (χ0n) is 15.7. The van der Waals surface area contributed by atoms with Crippen LogP contribution in [0.1, 0.15) is 25.3 Å². The fourth-order valence-corrected chi connectivity index (χ4v) is 4.13. The average Bonchev–Trinajstić information content (AvgIpc) is 2.99. The van der Waals surface area contributed by atoms with Crippen molar-refractivity contribution in [1.29, 1.82) is 5.26 Å². The molecule has 2 aliphatic rings. The Hall–Kier alpha value is -3.40. The summed E-state index contributed by atoms with van der Waals surface area (Å²) < 4.78 is 5.26. The van der Waals surface area contributed by atoms with E-state index in [1.165, 1.54) is 13.1 Å². The Balaban J connectivity index is 2.28. The fourth-order valence-electron chi connectivity index (χ4n) is 4.13. The Bertz CT molecular complexity index is 915. The number of amides is 1. The summed E-state index contributed by atoms with van der Waals surface area (Å²) in [5.74, 6) is -2.45. The number of hydrogen-bond acceptors (Lipinski definition) is 6. The first-order valence-corrected chi connectivity index (χ1v) is 8.99. The first-order valence-electron chi connectivity index (χ1n) is 8.99. The van der Waals surface area contributed by atoms with Gasteiger partial charge in [0.1, 0.15) is 6.04 Å². The van der Waals surface area contributed by atoms with Crippen LogP contribution >= 0.6 is 0 Å². The summed E-state index contributed by atoms with van der Waals surface area (Å²) in [5.41, 5.74) is 5.03. The van der Waals surface area contributed by atoms with E-state index >= 15 is 0 Å². The van der Waals surface area contributed by atoms with Gasteiger partial charge >= 0.3 is 5.97 Å². The summed E-state index contributed by atoms with van der Waals surface area (Å²) in [6.07, 6.45) is 4.69. The van der Waals surface area contributed by atoms with Crippen molar-refractivity contribution in [2.45, 2.75) is 31.8 Å². The molecule has 3 rings (SSSR count). The van der Waals surface area contributed by atoms with Crippen LogP contribution < -0.4 is 5.73 Å². The number of fused-ring (bicyclic) bond motifs is 1. The molecule has 0 radical (unpaired) electrons. The average molecular weight is 379 g/mol. The molecule has 2 heterocycles. The summed E-state index contributed by atoms with van der Waals surface area (Å²) >= 11 is 0. The summed E-state index contributed by atoms with van der Waals surface area (Å²) in [6, 6.07) is 9.22. The number of benzene rings is 1. The zero-order chi connectivity index (χ0) is 20.5. The number of ketones is 1. The van der Waals surface area contributed by atoms with E-state index in [4.69, 9.17) is 10.5 Å². The fraction of sp³-hybridized carbons (Fsp3) is 0.333. The number of carbonyl (C=O) groups excluding carboxylic acids is 3. The molecule has 0 saturated carbocycles. The van der Waals surface area contributed by atoms with Crippen molar-refractivity contribution in [2.75, 3.05) is 6.61 Å². The lowest BCUT2D eigenvalue weighted by molar-refractivity contribution is -0.153. The molecule has 2 N–H and O–H groups in total. The number of nitrogens with zero attached hydrogens (tertiary/aromatic N) is 2. The molecular formula is C21H21N3O4. The highest BCUT2D eigenvalue weighted by molar-refractivity contribution is 5.97. The first-order chi connectivity index (χ1) is 13.4. The monoisotopic (exact) mass is 379 g/mol. The van der Waals surface area contributed by atoms with Crippen LogP contribution in [0.2, 0.25) is 0 Å². The molecule has 1 aromatic carbocycles. The van der Waals surface area contributed by atoms with E-state index in [-0.39, 0.29) is 12.4 Å². The number of hydrogen-bond donors (Lipinski definition) is 1. The second kappa shape index (κ2) is 7.31. The van der Waals surface area contributed by atoms with Crippen molar-refractivity contribution in [3.05, 3.63) is 59.8 Å². The van der Waals surface area contributed by atoms with Crippen LogP contribution in [-0.4, -0.2) is 41.3 Å². The number of rotatable bonds is 5. The number of Topliss-reactive ketones (excluding diaryl/α,β-unsaturated/α-hetero) is 1. The molecule has 0 spiro atoms. The maximum absolute atomic E-state index is 13.1. The second-order valence-electron chi connectivity index (χ2n) is 6.83. The van der Waals surface area contributed by atoms with Crippen molar-refractivity contribution < 1.29 is 19.1 Å². The Kier molecular flexibility index (Phi) is 5.06. The number of esters is 1. The molecule has 1 aromatic rings. The van der Waals surface area contributed by atoms with Crippen LogP contribution in [0.4, 0.5) is 0 Å². The van der Waals surface area contributed by atoms with Crippen LogP contribution in [0, 0.1) is 16.7 Å². The van der Waals surface area contributed by atoms with Gasteiger partial charge in [-0.05, 0) is 19.4 Å². The first kappa shape index (κ1) is 19.4. The van der Waals surface area contributed by atoms with Gasteiger partial charge in [0.15, 0.2) is 11.2 Å². The molecule has 28 heavy (non-hydrogen) atoms. The van der Waals surface area contributed by atoms with E-state index < -0.39 is 35.3 Å². The summed E-state index contributed by atoms with van der Waals surface area (Å²) in [6.45, 7) is 3.16. The zero-order valence-corrected chi connectivity index (χ0v) is 15.7. The molecule has 144 valence electrons. The van der Waals surface area contributed by atoms with Gasteiger partial charge in [0.25, 0.3) is 0 Å². The lowest BCUT2D eigenvalue weighted by Gasteiger charge is -2.32. The lowest BCUT2D eigenvalue weighted by atomic mass is 9.68. The molecule has 0 aromatic heterocycles. The van der Waals surface area contributed by atoms with Gasteiger partial charge in [-0.25, -0.2) is 0 Å². The van der Waals surface area contributed by atoms with Crippen molar-refractivity contribution in [2.24, 2.45) is 11.1 Å². The van der Waals surface area contributed by atoms with Gasteiger partial charge in [0.05, 0.1) is 18.7 Å². The number of carbonyl (C=O) groups is 3. The maximum atomic E-state index is 13.1. The number of nitriles is 1. The maximum Gasteiger partial charge on any atom is 0.329 e. The molecule has 0 aliphatic carbocycles. The summed E-state index contributed by atoms with van der Waals surface area (Å²) in [5, 5.41) is 10.2. The molecule has 7 nitrogen and oxygen atoms in total. The van der Waals surface area contributed by atoms with Gasteiger partial charge in [0.2, 0.25) is 5.91 Å². The van der Waals surface area contributed by atoms with Gasteiger partial charge in [0, 0.05) is 17.7 Å². The minimum Gasteiger partial charge on any atom is -0.465 e. The Labute approximate surface area is 163 Å². The van der Waals surface area contributed by atoms with Crippen molar-refractivity contribution >= 4 is 17.7 Å². The van der Waals surface area contributed by atoms with Crippen LogP contribution in [0.5, 0.6) is 0 Å². The van der Waals surface area contributed by atoms with Gasteiger partial charge < -0.3 is 15.4 Å². The quantitative estimate of drug-likeness (QED) is 0.774. The predicted octanol–water partition coefficient (Wildman–Crippen LogP) is 1.42. The standard InChI is InChI=1S/C21H21N3O4/c1-3-28-20(27)21(12-22)16-10-9-15(13(2)25)11-24(16)18(19(23)26)17(21)14-7-5-4-6-8-14/h4-11,16-18H,3H2,1-2H3,(H2,23,26)/t16-,17-,18+,21+/m0/s1. The topological polar surface area (TPSA) is 113 Å². The van der Waals surface area contributed by atoms with E-state index in [9.17, 15) is 19.6 Å². The minimum atomic E-state index is -1.69. The number of nitrogens with two attached hydrogens (primary N) is 1. The van der Waals surface area contributed by atoms with Gasteiger partial charge in [-0.15, -0.1) is 0 Å². The highest BCUT2D eigenvalue weighted by Crippen LogP contribution is 2.53. The van der Waals surface area contributed by atoms with Gasteiger partial charge in [-0.1, -0.05) is 42.5 Å². The third-order valence-corrected chi connectivity index (χ3v) is 5.32. The number of primary amides is 1. The molecule has 2 aliphatic heterocycles. The molecule has 1 amide bonds. The molecule has 1 saturated heterocycles. The Morgan fingerprint density at radius 3 is 2.50 bits per heavy atom. The summed E-state index contributed by atoms with van der Waals surface area (Å²) in [4.78, 5) is 39.0. The van der Waals surface area contributed by atoms with Gasteiger partial charge in [-0.2, -0.15) is 5.26 Å². The van der Waals surface area contributed by atoms with Crippen LogP contribution in [-0.2, 0) is 19.1 Å². The van der Waals surface area contributed by atoms with Crippen molar-refractivity contribution in [1.82, 2.24) is 4.90 Å². The highest BCUT2D eigenvalue weighted by atomic mass is 16.5. The van der Waals surface area contributed by atoms with Crippen molar-refractivity contribution in [3.63, 3.8) is 0 Å². The van der Waals surface area contributed by atoms with Crippen LogP contribution in [0.3, 0.4) is 0 Å². The van der Waals surface area contributed by atoms with Crippen molar-refractivity contribution in [3.8, 4) is 6.07 Å². The van der Waals surface area contributed by atoms with Gasteiger partial charge in [-0.3, -0.25) is 14.4 Å². The van der Waals surface area contributed by atoms with E-state index in [1.54, 1.807) is 54.3 Å². The second-order valence-corrected chi connectivity index (χ2v) is 6.83. The normalized spacial score (nSPS) is 28.1. The molecule has 4 atom stereocenters. The van der Waals surface area contributed by atoms with E-state index in [0.29, 0.717) is 11.1 Å². The minimum absolute atomic E-state index is 0.0932. The third kappa shape index (κ3) is 2.78. The molecule has 1 fully saturated rings. The van der Waals surface area contributed by atoms with E-state index in [0.717, 1.165) is 0 Å². The third-order valence-electron chi connectivity index (χ3n) is 5.32. The molecule has 0 bridgehead atoms. The molecule has 7 heteroatoms. The van der Waals surface area contributed by atoms with Crippen LogP contribution in [0.25, 0.3) is 0 Å². The Morgan fingerprint density at radius 1 is 1.29 bits per heavy atom. The SMILES string of the molecule is CCOC(=O)[C@]1(C#N)[C@@H]2C=CC(C(C)=O)=CN2[C@@H](C(N)=O)[C@@H]1c1ccccc1. The predicted molar refractivity (Wildman–Crippen MR) is 100 cm³/mol. The number of ether oxygens (including phenoxy) is 1. The lowest BCUT2D eigenvalue weighted by Crippen LogP contribution is -2.45. The highest BCUT2D eigenvalue weighted by Gasteiger charge is 2.66. The van der Waals surface area contributed by atoms with Crippen LogP contribution in [0.15, 0.2) is 54.3 Å².